The molecule has 0 unspecified atom stereocenters. The molecule has 0 bridgehead atoms. The number of benzene rings is 1. The maximum absolute atomic E-state index is 3.73. The lowest BCUT2D eigenvalue weighted by Crippen LogP contribution is -1.87. The van der Waals surface area contributed by atoms with E-state index in [1.807, 2.05) is 10.2 Å². The zero-order valence-electron chi connectivity index (χ0n) is 7.54. The number of hydrogen-bond acceptors (Lipinski definition) is 0. The summed E-state index contributed by atoms with van der Waals surface area (Å²) in [5, 5.41) is 0. The second-order valence-corrected chi connectivity index (χ2v) is 3.54. The van der Waals surface area contributed by atoms with Gasteiger partial charge in [0.05, 0.1) is 0 Å². The molecular weight excluding hydrogens is 271 g/mol. The Labute approximate surface area is 93.5 Å². The van der Waals surface area contributed by atoms with Gasteiger partial charge in [-0.3, -0.25) is 0 Å². The fraction of sp³-hybridized carbons (Fsp3) is 0.167. The van der Waals surface area contributed by atoms with Gasteiger partial charge in [0.1, 0.15) is 0 Å². The summed E-state index contributed by atoms with van der Waals surface area (Å²) >= 11 is 2.24. The zero-order valence-corrected chi connectivity index (χ0v) is 9.70. The van der Waals surface area contributed by atoms with E-state index in [1.54, 1.807) is 0 Å². The Morgan fingerprint density at radius 2 is 2.08 bits per heavy atom. The molecule has 68 valence electrons. The minimum absolute atomic E-state index is 1.05. The van der Waals surface area contributed by atoms with E-state index in [-0.39, 0.29) is 0 Å². The first kappa shape index (κ1) is 10.5. The van der Waals surface area contributed by atoms with E-state index in [2.05, 4.69) is 59.5 Å². The highest BCUT2D eigenvalue weighted by molar-refractivity contribution is 14.1. The van der Waals surface area contributed by atoms with Crippen LogP contribution in [0.25, 0.3) is 6.08 Å². The van der Waals surface area contributed by atoms with Crippen LogP contribution in [0, 0.1) is 0 Å². The standard InChI is InChI=1S/C12H13I/c1-2-3-6-11-7-4-5-8-12(11)9-10-13/h2,4-5,7-10H,1,3,6H2/b10-9-. The maximum atomic E-state index is 3.73. The van der Waals surface area contributed by atoms with Crippen LogP contribution in [0.1, 0.15) is 17.5 Å². The van der Waals surface area contributed by atoms with Crippen molar-refractivity contribution >= 4 is 28.7 Å². The number of hydrogen-bond donors (Lipinski definition) is 0. The molecule has 0 saturated carbocycles. The average molecular weight is 284 g/mol. The first-order chi connectivity index (χ1) is 6.38. The van der Waals surface area contributed by atoms with Gasteiger partial charge in [-0.05, 0) is 34.1 Å². The number of allylic oxidation sites excluding steroid dienone is 1. The van der Waals surface area contributed by atoms with Crippen LogP contribution in [-0.2, 0) is 6.42 Å². The molecule has 0 aliphatic carbocycles. The summed E-state index contributed by atoms with van der Waals surface area (Å²) in [6.07, 6.45) is 6.23. The van der Waals surface area contributed by atoms with Gasteiger partial charge in [0.25, 0.3) is 0 Å². The molecule has 0 fully saturated rings. The lowest BCUT2D eigenvalue weighted by Gasteiger charge is -2.02. The monoisotopic (exact) mass is 284 g/mol. The molecule has 0 radical (unpaired) electrons. The van der Waals surface area contributed by atoms with Crippen LogP contribution in [0.3, 0.4) is 0 Å². The molecule has 0 saturated heterocycles. The highest BCUT2D eigenvalue weighted by Gasteiger charge is 1.95. The minimum atomic E-state index is 1.05. The van der Waals surface area contributed by atoms with Gasteiger partial charge in [-0.25, -0.2) is 0 Å². The molecule has 0 spiro atoms. The van der Waals surface area contributed by atoms with Crippen molar-refractivity contribution in [1.82, 2.24) is 0 Å². The third-order valence-electron chi connectivity index (χ3n) is 1.92. The Bertz CT molecular complexity index is 300. The summed E-state index contributed by atoms with van der Waals surface area (Å²) in [7, 11) is 0. The van der Waals surface area contributed by atoms with E-state index in [1.165, 1.54) is 11.1 Å². The summed E-state index contributed by atoms with van der Waals surface area (Å²) in [6, 6.07) is 8.48. The molecule has 0 amide bonds. The molecule has 0 aromatic heterocycles. The van der Waals surface area contributed by atoms with E-state index in [4.69, 9.17) is 0 Å². The van der Waals surface area contributed by atoms with Gasteiger partial charge in [0.2, 0.25) is 0 Å². The zero-order chi connectivity index (χ0) is 9.52. The van der Waals surface area contributed by atoms with Crippen LogP contribution in [0.5, 0.6) is 0 Å². The first-order valence-corrected chi connectivity index (χ1v) is 5.58. The maximum Gasteiger partial charge on any atom is -0.0220 e. The molecular formula is C12H13I. The largest absolute Gasteiger partial charge is 0.103 e. The smallest absolute Gasteiger partial charge is 0.0220 e. The van der Waals surface area contributed by atoms with Crippen LogP contribution in [0.15, 0.2) is 41.0 Å². The predicted octanol–water partition coefficient (Wildman–Crippen LogP) is 4.21. The Balaban J connectivity index is 2.83. The van der Waals surface area contributed by atoms with Crippen molar-refractivity contribution in [2.24, 2.45) is 0 Å². The molecule has 0 aliphatic rings. The summed E-state index contributed by atoms with van der Waals surface area (Å²) in [4.78, 5) is 0. The van der Waals surface area contributed by atoms with Crippen molar-refractivity contribution in [2.45, 2.75) is 12.8 Å². The van der Waals surface area contributed by atoms with Gasteiger partial charge in [0, 0.05) is 0 Å². The molecule has 0 N–H and O–H groups in total. The average Bonchev–Trinajstić information content (AvgIpc) is 2.17. The van der Waals surface area contributed by atoms with E-state index in [9.17, 15) is 0 Å². The van der Waals surface area contributed by atoms with Crippen molar-refractivity contribution in [1.29, 1.82) is 0 Å². The highest BCUT2D eigenvalue weighted by atomic mass is 127. The Morgan fingerprint density at radius 1 is 1.31 bits per heavy atom. The summed E-state index contributed by atoms with van der Waals surface area (Å²) in [6.45, 7) is 3.73. The van der Waals surface area contributed by atoms with Crippen molar-refractivity contribution in [2.75, 3.05) is 0 Å². The third-order valence-corrected chi connectivity index (χ3v) is 2.28. The van der Waals surface area contributed by atoms with Crippen LogP contribution in [0.4, 0.5) is 0 Å². The lowest BCUT2D eigenvalue weighted by atomic mass is 10.0. The van der Waals surface area contributed by atoms with Crippen molar-refractivity contribution in [3.63, 3.8) is 0 Å². The number of aryl methyl sites for hydroxylation is 1. The van der Waals surface area contributed by atoms with E-state index in [0.717, 1.165) is 12.8 Å². The second kappa shape index (κ2) is 5.97. The third kappa shape index (κ3) is 3.35. The predicted molar refractivity (Wildman–Crippen MR) is 68.0 cm³/mol. The molecule has 0 atom stereocenters. The highest BCUT2D eigenvalue weighted by Crippen LogP contribution is 2.13. The Morgan fingerprint density at radius 3 is 2.77 bits per heavy atom. The van der Waals surface area contributed by atoms with E-state index in [0.29, 0.717) is 0 Å². The van der Waals surface area contributed by atoms with Crippen LogP contribution < -0.4 is 0 Å². The Hall–Kier alpha value is -0.570. The Kier molecular flexibility index (Phi) is 4.83. The topological polar surface area (TPSA) is 0 Å². The summed E-state index contributed by atoms with van der Waals surface area (Å²) in [5.74, 6) is 0. The first-order valence-electron chi connectivity index (χ1n) is 4.34. The van der Waals surface area contributed by atoms with Crippen LogP contribution in [0.2, 0.25) is 0 Å². The number of halogens is 1. The van der Waals surface area contributed by atoms with Crippen LogP contribution >= 0.6 is 22.6 Å². The quantitative estimate of drug-likeness (QED) is 0.574. The summed E-state index contributed by atoms with van der Waals surface area (Å²) < 4.78 is 2.05. The van der Waals surface area contributed by atoms with Gasteiger partial charge in [0.15, 0.2) is 0 Å². The van der Waals surface area contributed by atoms with Crippen molar-refractivity contribution in [3.05, 3.63) is 52.1 Å². The van der Waals surface area contributed by atoms with E-state index >= 15 is 0 Å². The molecule has 1 rings (SSSR count). The van der Waals surface area contributed by atoms with Crippen molar-refractivity contribution < 1.29 is 0 Å². The van der Waals surface area contributed by atoms with Gasteiger partial charge in [-0.1, -0.05) is 52.9 Å². The fourth-order valence-corrected chi connectivity index (χ4v) is 1.64. The molecule has 0 aliphatic heterocycles. The minimum Gasteiger partial charge on any atom is -0.103 e. The molecule has 0 nitrogen and oxygen atoms in total. The molecule has 1 aromatic rings. The molecule has 1 aromatic carbocycles. The second-order valence-electron chi connectivity index (χ2n) is 2.82. The molecule has 1 heteroatoms. The molecule has 13 heavy (non-hydrogen) atoms. The van der Waals surface area contributed by atoms with E-state index < -0.39 is 0 Å². The normalized spacial score (nSPS) is 10.5. The fourth-order valence-electron chi connectivity index (χ4n) is 1.25. The van der Waals surface area contributed by atoms with Gasteiger partial charge >= 0.3 is 0 Å². The van der Waals surface area contributed by atoms with Crippen molar-refractivity contribution in [3.8, 4) is 0 Å². The SMILES string of the molecule is C=CCCc1ccccc1/C=C\I. The lowest BCUT2D eigenvalue weighted by molar-refractivity contribution is 1.00. The van der Waals surface area contributed by atoms with Crippen LogP contribution in [-0.4, -0.2) is 0 Å². The number of rotatable bonds is 4. The summed E-state index contributed by atoms with van der Waals surface area (Å²) in [5.41, 5.74) is 2.72. The van der Waals surface area contributed by atoms with Gasteiger partial charge in [-0.2, -0.15) is 0 Å². The van der Waals surface area contributed by atoms with Gasteiger partial charge in [-0.15, -0.1) is 6.58 Å². The molecule has 0 heterocycles. The van der Waals surface area contributed by atoms with Gasteiger partial charge < -0.3 is 0 Å².